The minimum atomic E-state index is -0.162. The third kappa shape index (κ3) is 4.26. The van der Waals surface area contributed by atoms with Crippen LogP contribution in [0.25, 0.3) is 6.08 Å². The summed E-state index contributed by atoms with van der Waals surface area (Å²) in [7, 11) is 0. The van der Waals surface area contributed by atoms with Crippen molar-refractivity contribution in [1.82, 2.24) is 5.32 Å². The van der Waals surface area contributed by atoms with Gasteiger partial charge in [-0.05, 0) is 48.7 Å². The number of para-hydroxylation sites is 1. The lowest BCUT2D eigenvalue weighted by Crippen LogP contribution is -2.45. The molecule has 2 aromatic rings. The number of nitrogens with zero attached hydrogens (tertiary/aromatic N) is 1. The second-order valence-electron chi connectivity index (χ2n) is 7.07. The third-order valence-electron chi connectivity index (χ3n) is 5.00. The van der Waals surface area contributed by atoms with E-state index in [1.807, 2.05) is 48.5 Å². The van der Waals surface area contributed by atoms with Crippen molar-refractivity contribution in [3.05, 3.63) is 64.0 Å². The highest BCUT2D eigenvalue weighted by molar-refractivity contribution is 8.04. The van der Waals surface area contributed by atoms with Gasteiger partial charge in [0.1, 0.15) is 6.54 Å². The molecule has 4 nitrogen and oxygen atoms in total. The first-order valence-electron chi connectivity index (χ1n) is 9.45. The van der Waals surface area contributed by atoms with E-state index in [1.165, 1.54) is 11.8 Å². The summed E-state index contributed by atoms with van der Waals surface area (Å²) in [5.74, 6) is -0.269. The van der Waals surface area contributed by atoms with E-state index in [4.69, 9.17) is 11.6 Å². The number of rotatable bonds is 4. The summed E-state index contributed by atoms with van der Waals surface area (Å²) in [4.78, 5) is 28.9. The number of amides is 2. The van der Waals surface area contributed by atoms with Gasteiger partial charge in [-0.3, -0.25) is 14.5 Å². The second-order valence-corrected chi connectivity index (χ2v) is 8.59. The molecule has 144 valence electrons. The smallest absolute Gasteiger partial charge is 0.265 e. The molecule has 0 saturated heterocycles. The number of halogens is 1. The molecular formula is C22H21ClN2O2S. The van der Waals surface area contributed by atoms with Crippen LogP contribution in [0.15, 0.2) is 58.3 Å². The number of hydrogen-bond acceptors (Lipinski definition) is 3. The summed E-state index contributed by atoms with van der Waals surface area (Å²) in [6.45, 7) is 0.0276. The summed E-state index contributed by atoms with van der Waals surface area (Å²) in [5, 5.41) is 3.69. The number of benzene rings is 2. The fourth-order valence-corrected chi connectivity index (χ4v) is 4.91. The maximum atomic E-state index is 13.2. The van der Waals surface area contributed by atoms with Crippen LogP contribution in [0.2, 0.25) is 5.02 Å². The van der Waals surface area contributed by atoms with E-state index < -0.39 is 0 Å². The minimum Gasteiger partial charge on any atom is -0.352 e. The van der Waals surface area contributed by atoms with Crippen LogP contribution in [0.3, 0.4) is 0 Å². The van der Waals surface area contributed by atoms with Crippen molar-refractivity contribution in [2.75, 3.05) is 11.4 Å². The molecule has 1 N–H and O–H groups in total. The third-order valence-corrected chi connectivity index (χ3v) is 6.31. The number of fused-ring (bicyclic) bond motifs is 1. The Labute approximate surface area is 173 Å². The highest BCUT2D eigenvalue weighted by Crippen LogP contribution is 2.42. The lowest BCUT2D eigenvalue weighted by Gasteiger charge is -2.30. The van der Waals surface area contributed by atoms with E-state index in [0.29, 0.717) is 9.93 Å². The van der Waals surface area contributed by atoms with Crippen LogP contribution in [0.1, 0.15) is 31.2 Å². The first kappa shape index (κ1) is 19.1. The Morgan fingerprint density at radius 2 is 1.96 bits per heavy atom. The van der Waals surface area contributed by atoms with Crippen molar-refractivity contribution in [2.45, 2.75) is 36.6 Å². The van der Waals surface area contributed by atoms with Crippen LogP contribution >= 0.6 is 23.4 Å². The van der Waals surface area contributed by atoms with Crippen LogP contribution in [0.4, 0.5) is 5.69 Å². The minimum absolute atomic E-state index is 0.0276. The first-order chi connectivity index (χ1) is 13.6. The molecule has 0 aromatic heterocycles. The fraction of sp³-hybridized carbons (Fsp3) is 0.273. The van der Waals surface area contributed by atoms with Gasteiger partial charge in [-0.1, -0.05) is 60.5 Å². The number of thioether (sulfide) groups is 1. The zero-order valence-electron chi connectivity index (χ0n) is 15.4. The number of anilines is 1. The molecule has 2 amide bonds. The van der Waals surface area contributed by atoms with Gasteiger partial charge >= 0.3 is 0 Å². The summed E-state index contributed by atoms with van der Waals surface area (Å²) in [6.07, 6.45) is 6.17. The average molecular weight is 413 g/mol. The predicted octanol–water partition coefficient (Wildman–Crippen LogP) is 4.88. The molecule has 0 unspecified atom stereocenters. The number of hydrogen-bond donors (Lipinski definition) is 1. The molecule has 0 atom stereocenters. The maximum Gasteiger partial charge on any atom is 0.265 e. The molecule has 0 radical (unpaired) electrons. The largest absolute Gasteiger partial charge is 0.352 e. The van der Waals surface area contributed by atoms with Gasteiger partial charge in [-0.2, -0.15) is 0 Å². The van der Waals surface area contributed by atoms with Gasteiger partial charge in [-0.15, -0.1) is 0 Å². The van der Waals surface area contributed by atoms with E-state index in [0.717, 1.165) is 41.8 Å². The molecule has 1 heterocycles. The molecule has 0 spiro atoms. The summed E-state index contributed by atoms with van der Waals surface area (Å²) < 4.78 is 0. The SMILES string of the molecule is O=C(CN1C(=O)/C(=C\c2cccc(Cl)c2)Sc2ccccc21)NC1CCCC1. The molecular weight excluding hydrogens is 392 g/mol. The summed E-state index contributed by atoms with van der Waals surface area (Å²) in [6, 6.07) is 15.3. The van der Waals surface area contributed by atoms with E-state index in [-0.39, 0.29) is 24.4 Å². The summed E-state index contributed by atoms with van der Waals surface area (Å²) >= 11 is 7.50. The molecule has 2 aromatic carbocycles. The van der Waals surface area contributed by atoms with Crippen molar-refractivity contribution in [3.8, 4) is 0 Å². The van der Waals surface area contributed by atoms with Gasteiger partial charge in [0.05, 0.1) is 10.6 Å². The Balaban J connectivity index is 1.60. The quantitative estimate of drug-likeness (QED) is 0.728. The molecule has 1 fully saturated rings. The van der Waals surface area contributed by atoms with Crippen molar-refractivity contribution in [3.63, 3.8) is 0 Å². The standard InChI is InChI=1S/C22H21ClN2O2S/c23-16-7-5-6-15(12-16)13-20-22(27)25(18-10-3-4-11-19(18)28-20)14-21(26)24-17-8-1-2-9-17/h3-7,10-13,17H,1-2,8-9,14H2,(H,24,26)/b20-13+. The Kier molecular flexibility index (Phi) is 5.74. The monoisotopic (exact) mass is 412 g/mol. The lowest BCUT2D eigenvalue weighted by atomic mass is 10.2. The Morgan fingerprint density at radius 3 is 2.75 bits per heavy atom. The maximum absolute atomic E-state index is 13.2. The lowest BCUT2D eigenvalue weighted by molar-refractivity contribution is -0.122. The molecule has 1 saturated carbocycles. The van der Waals surface area contributed by atoms with Crippen molar-refractivity contribution >= 4 is 46.9 Å². The predicted molar refractivity (Wildman–Crippen MR) is 114 cm³/mol. The molecule has 28 heavy (non-hydrogen) atoms. The van der Waals surface area contributed by atoms with Gasteiger partial charge in [-0.25, -0.2) is 0 Å². The number of carbonyl (C=O) groups is 2. The van der Waals surface area contributed by atoms with Crippen molar-refractivity contribution in [2.24, 2.45) is 0 Å². The number of carbonyl (C=O) groups excluding carboxylic acids is 2. The fourth-order valence-electron chi connectivity index (χ4n) is 3.65. The molecule has 1 aliphatic heterocycles. The summed E-state index contributed by atoms with van der Waals surface area (Å²) in [5.41, 5.74) is 1.64. The molecule has 6 heteroatoms. The van der Waals surface area contributed by atoms with Gasteiger partial charge in [0.15, 0.2) is 0 Å². The molecule has 2 aliphatic rings. The van der Waals surface area contributed by atoms with Gasteiger partial charge in [0.2, 0.25) is 5.91 Å². The average Bonchev–Trinajstić information content (AvgIpc) is 3.18. The van der Waals surface area contributed by atoms with Gasteiger partial charge < -0.3 is 5.32 Å². The van der Waals surface area contributed by atoms with E-state index in [2.05, 4.69) is 5.32 Å². The van der Waals surface area contributed by atoms with Gasteiger partial charge in [0, 0.05) is 16.0 Å². The normalized spacial score (nSPS) is 18.4. The second kappa shape index (κ2) is 8.41. The highest BCUT2D eigenvalue weighted by atomic mass is 35.5. The van der Waals surface area contributed by atoms with Crippen LogP contribution in [0.5, 0.6) is 0 Å². The van der Waals surface area contributed by atoms with Crippen molar-refractivity contribution in [1.29, 1.82) is 0 Å². The molecule has 0 bridgehead atoms. The van der Waals surface area contributed by atoms with Crippen molar-refractivity contribution < 1.29 is 9.59 Å². The van der Waals surface area contributed by atoms with Gasteiger partial charge in [0.25, 0.3) is 5.91 Å². The zero-order chi connectivity index (χ0) is 19.5. The van der Waals surface area contributed by atoms with Crippen LogP contribution in [0, 0.1) is 0 Å². The topological polar surface area (TPSA) is 49.4 Å². The zero-order valence-corrected chi connectivity index (χ0v) is 16.9. The molecule has 1 aliphatic carbocycles. The molecule has 4 rings (SSSR count). The number of nitrogens with one attached hydrogen (secondary N) is 1. The first-order valence-corrected chi connectivity index (χ1v) is 10.6. The van der Waals surface area contributed by atoms with E-state index >= 15 is 0 Å². The Bertz CT molecular complexity index is 938. The van der Waals surface area contributed by atoms with Crippen LogP contribution in [-0.2, 0) is 9.59 Å². The van der Waals surface area contributed by atoms with Crippen LogP contribution < -0.4 is 10.2 Å². The Hall–Kier alpha value is -2.24. The Morgan fingerprint density at radius 1 is 1.18 bits per heavy atom. The highest BCUT2D eigenvalue weighted by Gasteiger charge is 2.31. The van der Waals surface area contributed by atoms with E-state index in [1.54, 1.807) is 11.0 Å². The van der Waals surface area contributed by atoms with E-state index in [9.17, 15) is 9.59 Å². The van der Waals surface area contributed by atoms with Crippen LogP contribution in [-0.4, -0.2) is 24.4 Å².